The fourth-order valence-electron chi connectivity index (χ4n) is 2.14. The second-order valence-electron chi connectivity index (χ2n) is 5.46. The normalized spacial score (nSPS) is 11.8. The van der Waals surface area contributed by atoms with Crippen LogP contribution in [-0.4, -0.2) is 44.6 Å². The van der Waals surface area contributed by atoms with E-state index in [9.17, 15) is 5.11 Å². The summed E-state index contributed by atoms with van der Waals surface area (Å²) in [6, 6.07) is 15.2. The molecule has 1 atom stereocenters. The van der Waals surface area contributed by atoms with Crippen molar-refractivity contribution < 1.29 is 19.3 Å². The van der Waals surface area contributed by atoms with Gasteiger partial charge >= 0.3 is 0 Å². The molecule has 2 N–H and O–H groups in total. The lowest BCUT2D eigenvalue weighted by Gasteiger charge is -2.14. The highest BCUT2D eigenvalue weighted by Crippen LogP contribution is 2.17. The van der Waals surface area contributed by atoms with Crippen molar-refractivity contribution in [3.8, 4) is 17.2 Å². The molecule has 2 aromatic rings. The average molecular weight is 331 g/mol. The van der Waals surface area contributed by atoms with Gasteiger partial charge in [0.2, 0.25) is 0 Å². The molecule has 0 aliphatic rings. The smallest absolute Gasteiger partial charge is 0.122 e. The molecule has 0 aliphatic heterocycles. The first-order valence-electron chi connectivity index (χ1n) is 8.03. The Kier molecular flexibility index (Phi) is 7.39. The third-order valence-corrected chi connectivity index (χ3v) is 3.51. The molecule has 0 spiro atoms. The van der Waals surface area contributed by atoms with Crippen LogP contribution in [-0.2, 0) is 0 Å². The summed E-state index contributed by atoms with van der Waals surface area (Å²) >= 11 is 0. The number of aliphatic hydroxyl groups excluding tert-OH is 1. The lowest BCUT2D eigenvalue weighted by atomic mass is 10.2. The predicted molar refractivity (Wildman–Crippen MR) is 94.0 cm³/mol. The zero-order valence-electron chi connectivity index (χ0n) is 14.2. The van der Waals surface area contributed by atoms with Crippen LogP contribution in [0.15, 0.2) is 48.5 Å². The Morgan fingerprint density at radius 1 is 1.00 bits per heavy atom. The van der Waals surface area contributed by atoms with Crippen molar-refractivity contribution in [3.05, 3.63) is 54.1 Å². The van der Waals surface area contributed by atoms with E-state index in [2.05, 4.69) is 5.32 Å². The predicted octanol–water partition coefficient (Wildman–Crippen LogP) is 2.41. The molecule has 0 amide bonds. The number of aryl methyl sites for hydroxylation is 1. The molecule has 0 heterocycles. The Hall–Kier alpha value is -2.24. The summed E-state index contributed by atoms with van der Waals surface area (Å²) in [7, 11) is 1.63. The van der Waals surface area contributed by atoms with Gasteiger partial charge in [0.1, 0.15) is 36.6 Å². The van der Waals surface area contributed by atoms with E-state index in [1.165, 1.54) is 0 Å². The maximum absolute atomic E-state index is 9.93. The van der Waals surface area contributed by atoms with E-state index in [-0.39, 0.29) is 6.61 Å². The zero-order chi connectivity index (χ0) is 17.2. The highest BCUT2D eigenvalue weighted by atomic mass is 16.5. The summed E-state index contributed by atoms with van der Waals surface area (Å²) in [6.07, 6.45) is -0.564. The summed E-state index contributed by atoms with van der Waals surface area (Å²) in [6.45, 7) is 3.87. The Bertz CT molecular complexity index is 601. The maximum atomic E-state index is 9.93. The van der Waals surface area contributed by atoms with Crippen molar-refractivity contribution in [1.29, 1.82) is 0 Å². The van der Waals surface area contributed by atoms with Gasteiger partial charge in [-0.3, -0.25) is 0 Å². The zero-order valence-corrected chi connectivity index (χ0v) is 14.2. The topological polar surface area (TPSA) is 60.0 Å². The van der Waals surface area contributed by atoms with E-state index < -0.39 is 6.10 Å². The average Bonchev–Trinajstić information content (AvgIpc) is 2.61. The van der Waals surface area contributed by atoms with Crippen LogP contribution in [0.1, 0.15) is 5.56 Å². The van der Waals surface area contributed by atoms with Crippen molar-refractivity contribution in [3.63, 3.8) is 0 Å². The van der Waals surface area contributed by atoms with Gasteiger partial charge in [0.05, 0.1) is 7.11 Å². The SMILES string of the molecule is COc1ccc(OCCNCC(O)COc2ccccc2C)cc1. The molecular weight excluding hydrogens is 306 g/mol. The van der Waals surface area contributed by atoms with Gasteiger partial charge in [-0.2, -0.15) is 0 Å². The maximum Gasteiger partial charge on any atom is 0.122 e. The van der Waals surface area contributed by atoms with Gasteiger partial charge in [0, 0.05) is 13.1 Å². The van der Waals surface area contributed by atoms with Gasteiger partial charge in [-0.1, -0.05) is 18.2 Å². The molecule has 24 heavy (non-hydrogen) atoms. The van der Waals surface area contributed by atoms with Gasteiger partial charge in [-0.15, -0.1) is 0 Å². The summed E-state index contributed by atoms with van der Waals surface area (Å²) in [5.74, 6) is 2.40. The molecule has 1 unspecified atom stereocenters. The van der Waals surface area contributed by atoms with E-state index >= 15 is 0 Å². The van der Waals surface area contributed by atoms with Crippen molar-refractivity contribution in [1.82, 2.24) is 5.32 Å². The highest BCUT2D eigenvalue weighted by molar-refractivity contribution is 5.32. The molecule has 0 aromatic heterocycles. The van der Waals surface area contributed by atoms with Crippen LogP contribution in [0.2, 0.25) is 0 Å². The largest absolute Gasteiger partial charge is 0.497 e. The van der Waals surface area contributed by atoms with Crippen LogP contribution in [0, 0.1) is 6.92 Å². The standard InChI is InChI=1S/C19H25NO4/c1-15-5-3-4-6-19(15)24-14-16(21)13-20-11-12-23-18-9-7-17(22-2)8-10-18/h3-10,16,20-21H,11-14H2,1-2H3. The van der Waals surface area contributed by atoms with E-state index in [0.717, 1.165) is 22.8 Å². The van der Waals surface area contributed by atoms with Crippen molar-refractivity contribution in [2.24, 2.45) is 0 Å². The second-order valence-corrected chi connectivity index (χ2v) is 5.46. The van der Waals surface area contributed by atoms with Crippen LogP contribution >= 0.6 is 0 Å². The van der Waals surface area contributed by atoms with Crippen LogP contribution in [0.4, 0.5) is 0 Å². The number of hydrogen-bond acceptors (Lipinski definition) is 5. The molecule has 0 radical (unpaired) electrons. The lowest BCUT2D eigenvalue weighted by molar-refractivity contribution is 0.105. The monoisotopic (exact) mass is 331 g/mol. The lowest BCUT2D eigenvalue weighted by Crippen LogP contribution is -2.33. The number of methoxy groups -OCH3 is 1. The second kappa shape index (κ2) is 9.80. The number of benzene rings is 2. The van der Waals surface area contributed by atoms with E-state index in [1.54, 1.807) is 7.11 Å². The van der Waals surface area contributed by atoms with Crippen LogP contribution in [0.5, 0.6) is 17.2 Å². The molecule has 5 heteroatoms. The molecule has 5 nitrogen and oxygen atoms in total. The molecular formula is C19H25NO4. The van der Waals surface area contributed by atoms with Gasteiger partial charge in [0.15, 0.2) is 0 Å². The first-order valence-corrected chi connectivity index (χ1v) is 8.03. The van der Waals surface area contributed by atoms with Gasteiger partial charge in [-0.05, 0) is 42.8 Å². The van der Waals surface area contributed by atoms with Crippen LogP contribution < -0.4 is 19.5 Å². The van der Waals surface area contributed by atoms with Crippen molar-refractivity contribution >= 4 is 0 Å². The summed E-state index contributed by atoms with van der Waals surface area (Å²) < 4.78 is 16.3. The van der Waals surface area contributed by atoms with Crippen molar-refractivity contribution in [2.45, 2.75) is 13.0 Å². The van der Waals surface area contributed by atoms with Crippen LogP contribution in [0.25, 0.3) is 0 Å². The molecule has 0 bridgehead atoms. The minimum atomic E-state index is -0.564. The molecule has 2 rings (SSSR count). The molecule has 0 saturated carbocycles. The number of ether oxygens (including phenoxy) is 3. The fraction of sp³-hybridized carbons (Fsp3) is 0.368. The van der Waals surface area contributed by atoms with Crippen LogP contribution in [0.3, 0.4) is 0 Å². The minimum Gasteiger partial charge on any atom is -0.497 e. The summed E-state index contributed by atoms with van der Waals surface area (Å²) in [4.78, 5) is 0. The highest BCUT2D eigenvalue weighted by Gasteiger charge is 2.06. The Balaban J connectivity index is 1.57. The molecule has 0 saturated heterocycles. The van der Waals surface area contributed by atoms with Crippen molar-refractivity contribution in [2.75, 3.05) is 33.4 Å². The quantitative estimate of drug-likeness (QED) is 0.655. The molecule has 0 fully saturated rings. The Morgan fingerprint density at radius 3 is 2.42 bits per heavy atom. The fourth-order valence-corrected chi connectivity index (χ4v) is 2.14. The number of rotatable bonds is 10. The first-order chi connectivity index (χ1) is 11.7. The number of hydrogen-bond donors (Lipinski definition) is 2. The Morgan fingerprint density at radius 2 is 1.71 bits per heavy atom. The summed E-state index contributed by atoms with van der Waals surface area (Å²) in [5, 5.41) is 13.1. The van der Waals surface area contributed by atoms with Gasteiger partial charge < -0.3 is 24.6 Å². The molecule has 2 aromatic carbocycles. The minimum absolute atomic E-state index is 0.261. The van der Waals surface area contributed by atoms with Gasteiger partial charge in [0.25, 0.3) is 0 Å². The summed E-state index contributed by atoms with van der Waals surface area (Å²) in [5.41, 5.74) is 1.06. The number of para-hydroxylation sites is 1. The first kappa shape index (κ1) is 18.1. The number of nitrogens with one attached hydrogen (secondary N) is 1. The third kappa shape index (κ3) is 6.10. The van der Waals surface area contributed by atoms with E-state index in [4.69, 9.17) is 14.2 Å². The third-order valence-electron chi connectivity index (χ3n) is 3.51. The van der Waals surface area contributed by atoms with E-state index in [1.807, 2.05) is 55.5 Å². The van der Waals surface area contributed by atoms with E-state index in [0.29, 0.717) is 19.7 Å². The van der Waals surface area contributed by atoms with Gasteiger partial charge in [-0.25, -0.2) is 0 Å². The molecule has 0 aliphatic carbocycles. The Labute approximate surface area is 143 Å². The molecule has 130 valence electrons. The number of aliphatic hydroxyl groups is 1.